The van der Waals surface area contributed by atoms with Crippen LogP contribution >= 0.6 is 24.0 Å². The molecule has 0 aliphatic carbocycles. The quantitative estimate of drug-likeness (QED) is 0.323. The second-order valence-electron chi connectivity index (χ2n) is 6.57. The summed E-state index contributed by atoms with van der Waals surface area (Å²) in [6.45, 7) is 7.91. The zero-order chi connectivity index (χ0) is 19.7. The average molecular weight is 502 g/mol. The number of benzene rings is 1. The van der Waals surface area contributed by atoms with Gasteiger partial charge in [0.05, 0.1) is 12.1 Å². The van der Waals surface area contributed by atoms with Crippen LogP contribution in [0.4, 0.5) is 4.39 Å². The van der Waals surface area contributed by atoms with E-state index in [9.17, 15) is 4.39 Å². The van der Waals surface area contributed by atoms with Crippen LogP contribution in [0.3, 0.4) is 0 Å². The molecule has 2 aromatic rings. The molecular formula is C20H28FIN4O2. The predicted octanol–water partition coefficient (Wildman–Crippen LogP) is 4.11. The van der Waals surface area contributed by atoms with Gasteiger partial charge < -0.3 is 20.1 Å². The van der Waals surface area contributed by atoms with Crippen molar-refractivity contribution >= 4 is 29.9 Å². The van der Waals surface area contributed by atoms with Gasteiger partial charge in [-0.3, -0.25) is 0 Å². The first-order valence-corrected chi connectivity index (χ1v) is 8.87. The van der Waals surface area contributed by atoms with Crippen LogP contribution in [0.15, 0.2) is 47.6 Å². The minimum Gasteiger partial charge on any atom is -0.439 e. The second-order valence-corrected chi connectivity index (χ2v) is 6.57. The molecule has 0 radical (unpaired) electrons. The molecule has 154 valence electrons. The van der Waals surface area contributed by atoms with Gasteiger partial charge in [0.2, 0.25) is 5.88 Å². The number of nitrogens with one attached hydrogen (secondary N) is 2. The number of nitrogens with zero attached hydrogens (tertiary/aromatic N) is 2. The van der Waals surface area contributed by atoms with E-state index < -0.39 is 0 Å². The monoisotopic (exact) mass is 502 g/mol. The van der Waals surface area contributed by atoms with Gasteiger partial charge in [-0.2, -0.15) is 0 Å². The summed E-state index contributed by atoms with van der Waals surface area (Å²) in [6, 6.07) is 9.48. The summed E-state index contributed by atoms with van der Waals surface area (Å²) in [6.07, 6.45) is 1.71. The molecule has 0 saturated heterocycles. The Bertz CT molecular complexity index is 737. The smallest absolute Gasteiger partial charge is 0.219 e. The zero-order valence-electron chi connectivity index (χ0n) is 16.7. The van der Waals surface area contributed by atoms with Gasteiger partial charge in [0.1, 0.15) is 11.6 Å². The number of pyridine rings is 1. The standard InChI is InChI=1S/C20H27FN4O2.HI/c1-5-22-19(25-14-20(2,3)26-4)24-13-15-6-11-18(23-12-15)27-17-9-7-16(21)8-10-17;/h6-12H,5,13-14H2,1-4H3,(H2,22,24,25);1H. The SMILES string of the molecule is CCNC(=NCc1ccc(Oc2ccc(F)cc2)nc1)NCC(C)(C)OC.I. The van der Waals surface area contributed by atoms with Gasteiger partial charge in [-0.1, -0.05) is 6.07 Å². The number of halogens is 2. The van der Waals surface area contributed by atoms with Crippen LogP contribution in [0.1, 0.15) is 26.3 Å². The Balaban J connectivity index is 0.00000392. The molecule has 8 heteroatoms. The lowest BCUT2D eigenvalue weighted by Crippen LogP contribution is -2.45. The Kier molecular flexibility index (Phi) is 10.2. The molecule has 0 unspecified atom stereocenters. The molecule has 0 aliphatic heterocycles. The lowest BCUT2D eigenvalue weighted by Gasteiger charge is -2.24. The van der Waals surface area contributed by atoms with Gasteiger partial charge in [0, 0.05) is 32.5 Å². The van der Waals surface area contributed by atoms with Crippen LogP contribution in [0.25, 0.3) is 0 Å². The first-order chi connectivity index (χ1) is 12.9. The molecule has 1 aromatic carbocycles. The number of aromatic nitrogens is 1. The van der Waals surface area contributed by atoms with E-state index in [1.54, 1.807) is 31.5 Å². The van der Waals surface area contributed by atoms with Crippen molar-refractivity contribution in [3.8, 4) is 11.6 Å². The zero-order valence-corrected chi connectivity index (χ0v) is 19.0. The molecule has 2 rings (SSSR count). The maximum Gasteiger partial charge on any atom is 0.219 e. The van der Waals surface area contributed by atoms with E-state index in [4.69, 9.17) is 9.47 Å². The Morgan fingerprint density at radius 1 is 1.14 bits per heavy atom. The number of ether oxygens (including phenoxy) is 2. The van der Waals surface area contributed by atoms with Gasteiger partial charge >= 0.3 is 0 Å². The third-order valence-electron chi connectivity index (χ3n) is 3.83. The molecule has 0 amide bonds. The first kappa shape index (κ1) is 24.1. The summed E-state index contributed by atoms with van der Waals surface area (Å²) < 4.78 is 23.9. The first-order valence-electron chi connectivity index (χ1n) is 8.87. The number of aliphatic imine (C=N–C) groups is 1. The largest absolute Gasteiger partial charge is 0.439 e. The van der Waals surface area contributed by atoms with Gasteiger partial charge in [-0.25, -0.2) is 14.4 Å². The van der Waals surface area contributed by atoms with Crippen molar-refractivity contribution in [1.29, 1.82) is 0 Å². The minimum absolute atomic E-state index is 0. The number of hydrogen-bond donors (Lipinski definition) is 2. The Labute approximate surface area is 183 Å². The molecule has 0 atom stereocenters. The maximum absolute atomic E-state index is 12.9. The summed E-state index contributed by atoms with van der Waals surface area (Å²) >= 11 is 0. The van der Waals surface area contributed by atoms with Crippen LogP contribution < -0.4 is 15.4 Å². The molecule has 1 aromatic heterocycles. The van der Waals surface area contributed by atoms with E-state index in [0.717, 1.165) is 12.1 Å². The minimum atomic E-state index is -0.303. The number of hydrogen-bond acceptors (Lipinski definition) is 4. The van der Waals surface area contributed by atoms with Gasteiger partial charge in [0.15, 0.2) is 5.96 Å². The number of rotatable bonds is 8. The normalized spacial score (nSPS) is 11.5. The van der Waals surface area contributed by atoms with E-state index >= 15 is 0 Å². The van der Waals surface area contributed by atoms with Crippen molar-refractivity contribution in [3.05, 3.63) is 54.0 Å². The summed E-state index contributed by atoms with van der Waals surface area (Å²) in [7, 11) is 1.69. The molecular weight excluding hydrogens is 474 g/mol. The van der Waals surface area contributed by atoms with Crippen LogP contribution in [-0.2, 0) is 11.3 Å². The molecule has 0 aliphatic rings. The Morgan fingerprint density at radius 3 is 2.43 bits per heavy atom. The van der Waals surface area contributed by atoms with Crippen LogP contribution in [0, 0.1) is 5.82 Å². The lowest BCUT2D eigenvalue weighted by atomic mass is 10.1. The number of guanidine groups is 1. The van der Waals surface area contributed by atoms with Crippen LogP contribution in [0.2, 0.25) is 0 Å². The molecule has 1 heterocycles. The van der Waals surface area contributed by atoms with Gasteiger partial charge in [-0.05, 0) is 50.6 Å². The summed E-state index contributed by atoms with van der Waals surface area (Å²) in [5, 5.41) is 6.47. The Morgan fingerprint density at radius 2 is 1.86 bits per heavy atom. The summed E-state index contributed by atoms with van der Waals surface area (Å²) in [4.78, 5) is 8.83. The van der Waals surface area contributed by atoms with Crippen molar-refractivity contribution < 1.29 is 13.9 Å². The van der Waals surface area contributed by atoms with Crippen LogP contribution in [-0.4, -0.2) is 36.7 Å². The Hall–Kier alpha value is -1.94. The highest BCUT2D eigenvalue weighted by Crippen LogP contribution is 2.19. The average Bonchev–Trinajstić information content (AvgIpc) is 2.67. The fraction of sp³-hybridized carbons (Fsp3) is 0.400. The van der Waals surface area contributed by atoms with E-state index in [1.165, 1.54) is 12.1 Å². The summed E-state index contributed by atoms with van der Waals surface area (Å²) in [5.74, 6) is 1.40. The molecule has 28 heavy (non-hydrogen) atoms. The van der Waals surface area contributed by atoms with E-state index in [2.05, 4.69) is 20.6 Å². The highest BCUT2D eigenvalue weighted by Gasteiger charge is 2.16. The summed E-state index contributed by atoms with van der Waals surface area (Å²) in [5.41, 5.74) is 0.668. The van der Waals surface area contributed by atoms with E-state index in [-0.39, 0.29) is 35.4 Å². The highest BCUT2D eigenvalue weighted by atomic mass is 127. The van der Waals surface area contributed by atoms with Gasteiger partial charge in [-0.15, -0.1) is 24.0 Å². The van der Waals surface area contributed by atoms with Crippen molar-refractivity contribution in [2.75, 3.05) is 20.2 Å². The predicted molar refractivity (Wildman–Crippen MR) is 120 cm³/mol. The fourth-order valence-corrected chi connectivity index (χ4v) is 2.07. The topological polar surface area (TPSA) is 67.8 Å². The molecule has 0 fully saturated rings. The molecule has 0 spiro atoms. The number of methoxy groups -OCH3 is 1. The van der Waals surface area contributed by atoms with Crippen molar-refractivity contribution in [3.63, 3.8) is 0 Å². The third kappa shape index (κ3) is 8.39. The molecule has 0 bridgehead atoms. The third-order valence-corrected chi connectivity index (χ3v) is 3.83. The van der Waals surface area contributed by atoms with Crippen LogP contribution in [0.5, 0.6) is 11.6 Å². The molecule has 2 N–H and O–H groups in total. The highest BCUT2D eigenvalue weighted by molar-refractivity contribution is 14.0. The molecule has 0 saturated carbocycles. The van der Waals surface area contributed by atoms with E-state index in [1.807, 2.05) is 26.8 Å². The van der Waals surface area contributed by atoms with Crippen molar-refractivity contribution in [1.82, 2.24) is 15.6 Å². The molecule has 6 nitrogen and oxygen atoms in total. The van der Waals surface area contributed by atoms with Gasteiger partial charge in [0.25, 0.3) is 0 Å². The second kappa shape index (κ2) is 11.8. The van der Waals surface area contributed by atoms with Crippen molar-refractivity contribution in [2.45, 2.75) is 32.9 Å². The van der Waals surface area contributed by atoms with Crippen molar-refractivity contribution in [2.24, 2.45) is 4.99 Å². The maximum atomic E-state index is 12.9. The lowest BCUT2D eigenvalue weighted by molar-refractivity contribution is 0.0268. The fourth-order valence-electron chi connectivity index (χ4n) is 2.07. The van der Waals surface area contributed by atoms with E-state index in [0.29, 0.717) is 30.7 Å².